The van der Waals surface area contributed by atoms with E-state index >= 15 is 0 Å². The molecule has 3 rings (SSSR count). The van der Waals surface area contributed by atoms with E-state index in [-0.39, 0.29) is 52.7 Å². The van der Waals surface area contributed by atoms with Crippen LogP contribution in [0.2, 0.25) is 10.0 Å². The Bertz CT molecular complexity index is 1020. The molecule has 8 nitrogen and oxygen atoms in total. The van der Waals surface area contributed by atoms with Gasteiger partial charge >= 0.3 is 0 Å². The van der Waals surface area contributed by atoms with Crippen molar-refractivity contribution in [3.8, 4) is 0 Å². The Hall–Kier alpha value is -2.20. The summed E-state index contributed by atoms with van der Waals surface area (Å²) in [5.74, 6) is -0.312. The zero-order chi connectivity index (χ0) is 20.5. The van der Waals surface area contributed by atoms with Crippen LogP contribution in [0.4, 0.5) is 5.69 Å². The van der Waals surface area contributed by atoms with E-state index in [9.17, 15) is 23.3 Å². The summed E-state index contributed by atoms with van der Waals surface area (Å²) in [6.45, 7) is 0.578. The third kappa shape index (κ3) is 3.97. The van der Waals surface area contributed by atoms with Crippen molar-refractivity contribution in [2.45, 2.75) is 4.90 Å². The molecule has 11 heteroatoms. The molecule has 1 heterocycles. The van der Waals surface area contributed by atoms with Gasteiger partial charge in [-0.15, -0.1) is 0 Å². The fourth-order valence-electron chi connectivity index (χ4n) is 2.86. The van der Waals surface area contributed by atoms with E-state index in [4.69, 9.17) is 23.2 Å². The van der Waals surface area contributed by atoms with Gasteiger partial charge in [-0.05, 0) is 24.3 Å². The maximum absolute atomic E-state index is 12.8. The molecule has 0 atom stereocenters. The monoisotopic (exact) mass is 443 g/mol. The lowest BCUT2D eigenvalue weighted by Gasteiger charge is -2.34. The van der Waals surface area contributed by atoms with Crippen LogP contribution in [0.15, 0.2) is 47.4 Å². The molecule has 0 spiro atoms. The zero-order valence-electron chi connectivity index (χ0n) is 14.4. The maximum Gasteiger partial charge on any atom is 0.269 e. The molecule has 0 aliphatic carbocycles. The highest BCUT2D eigenvalue weighted by Gasteiger charge is 2.32. The molecule has 0 aromatic heterocycles. The van der Waals surface area contributed by atoms with Crippen molar-refractivity contribution in [1.29, 1.82) is 0 Å². The average Bonchev–Trinajstić information content (AvgIpc) is 2.69. The molecule has 1 aliphatic rings. The van der Waals surface area contributed by atoms with E-state index in [0.29, 0.717) is 5.56 Å². The smallest absolute Gasteiger partial charge is 0.269 e. The second-order valence-corrected chi connectivity index (χ2v) is 8.74. The molecule has 0 N–H and O–H groups in total. The zero-order valence-corrected chi connectivity index (χ0v) is 16.7. The van der Waals surface area contributed by atoms with Crippen LogP contribution in [0, 0.1) is 10.1 Å². The number of sulfonamides is 1. The lowest BCUT2D eigenvalue weighted by atomic mass is 10.1. The van der Waals surface area contributed by atoms with E-state index in [1.165, 1.54) is 51.7 Å². The van der Waals surface area contributed by atoms with Crippen LogP contribution in [0.25, 0.3) is 0 Å². The predicted molar refractivity (Wildman–Crippen MR) is 104 cm³/mol. The van der Waals surface area contributed by atoms with E-state index in [0.717, 1.165) is 0 Å². The molecule has 28 heavy (non-hydrogen) atoms. The van der Waals surface area contributed by atoms with Gasteiger partial charge in [-0.3, -0.25) is 14.9 Å². The highest BCUT2D eigenvalue weighted by molar-refractivity contribution is 7.89. The van der Waals surface area contributed by atoms with E-state index in [2.05, 4.69) is 0 Å². The number of amides is 1. The minimum absolute atomic E-state index is 0.0337. The molecule has 2 aromatic rings. The normalized spacial score (nSPS) is 15.4. The van der Waals surface area contributed by atoms with Gasteiger partial charge in [-0.2, -0.15) is 4.31 Å². The van der Waals surface area contributed by atoms with Gasteiger partial charge in [0.2, 0.25) is 10.0 Å². The van der Waals surface area contributed by atoms with Crippen LogP contribution < -0.4 is 0 Å². The number of halogens is 2. The molecule has 1 amide bonds. The number of benzene rings is 2. The first kappa shape index (κ1) is 20.5. The Morgan fingerprint density at radius 2 is 1.61 bits per heavy atom. The molecule has 0 radical (unpaired) electrons. The fraction of sp³-hybridized carbons (Fsp3) is 0.235. The molecular weight excluding hydrogens is 429 g/mol. The fourth-order valence-corrected chi connectivity index (χ4v) is 5.02. The number of nitro groups is 1. The summed E-state index contributed by atoms with van der Waals surface area (Å²) in [6, 6.07) is 9.69. The number of nitrogens with zero attached hydrogens (tertiary/aromatic N) is 3. The standard InChI is InChI=1S/C17H15Cl2N3O5S/c18-14-2-1-3-15(16(14)19)28(26,27)21-10-8-20(9-11-21)17(23)12-4-6-13(7-5-12)22(24)25/h1-7H,8-11H2. The summed E-state index contributed by atoms with van der Waals surface area (Å²) in [7, 11) is -3.84. The summed E-state index contributed by atoms with van der Waals surface area (Å²) in [5.41, 5.74) is 0.200. The Kier molecular flexibility index (Phi) is 5.90. The van der Waals surface area contributed by atoms with Crippen LogP contribution in [-0.4, -0.2) is 54.6 Å². The second kappa shape index (κ2) is 8.04. The first-order valence-corrected chi connectivity index (χ1v) is 10.4. The third-order valence-corrected chi connectivity index (χ3v) is 7.26. The van der Waals surface area contributed by atoms with Crippen molar-refractivity contribution in [2.24, 2.45) is 0 Å². The van der Waals surface area contributed by atoms with Crippen LogP contribution in [-0.2, 0) is 10.0 Å². The minimum Gasteiger partial charge on any atom is -0.336 e. The summed E-state index contributed by atoms with van der Waals surface area (Å²) < 4.78 is 26.9. The second-order valence-electron chi connectivity index (χ2n) is 6.05. The van der Waals surface area contributed by atoms with Crippen molar-refractivity contribution >= 4 is 44.8 Å². The Labute approximate surface area is 171 Å². The largest absolute Gasteiger partial charge is 0.336 e. The van der Waals surface area contributed by atoms with Crippen molar-refractivity contribution in [3.63, 3.8) is 0 Å². The predicted octanol–water partition coefficient (Wildman–Crippen LogP) is 3.05. The number of piperazine rings is 1. The Balaban J connectivity index is 1.71. The van der Waals surface area contributed by atoms with Crippen molar-refractivity contribution in [3.05, 3.63) is 68.2 Å². The van der Waals surface area contributed by atoms with Crippen molar-refractivity contribution < 1.29 is 18.1 Å². The minimum atomic E-state index is -3.84. The van der Waals surface area contributed by atoms with E-state index in [1.54, 1.807) is 0 Å². The molecule has 0 bridgehead atoms. The van der Waals surface area contributed by atoms with Gasteiger partial charge in [-0.25, -0.2) is 8.42 Å². The molecule has 1 aliphatic heterocycles. The number of hydrogen-bond donors (Lipinski definition) is 0. The summed E-state index contributed by atoms with van der Waals surface area (Å²) >= 11 is 12.0. The van der Waals surface area contributed by atoms with Crippen molar-refractivity contribution in [1.82, 2.24) is 9.21 Å². The molecule has 0 unspecified atom stereocenters. The summed E-state index contributed by atoms with van der Waals surface area (Å²) in [4.78, 5) is 24.2. The summed E-state index contributed by atoms with van der Waals surface area (Å²) in [6.07, 6.45) is 0. The maximum atomic E-state index is 12.8. The highest BCUT2D eigenvalue weighted by Crippen LogP contribution is 2.31. The molecule has 1 saturated heterocycles. The van der Waals surface area contributed by atoms with Gasteiger partial charge < -0.3 is 4.90 Å². The quantitative estimate of drug-likeness (QED) is 0.533. The van der Waals surface area contributed by atoms with Gasteiger partial charge in [0.05, 0.1) is 15.0 Å². The van der Waals surface area contributed by atoms with Gasteiger partial charge in [0.25, 0.3) is 11.6 Å². The highest BCUT2D eigenvalue weighted by atomic mass is 35.5. The number of rotatable bonds is 4. The van der Waals surface area contributed by atoms with E-state index in [1.807, 2.05) is 0 Å². The van der Waals surface area contributed by atoms with Crippen LogP contribution in [0.1, 0.15) is 10.4 Å². The van der Waals surface area contributed by atoms with Crippen LogP contribution >= 0.6 is 23.2 Å². The number of hydrogen-bond acceptors (Lipinski definition) is 5. The number of nitro benzene ring substituents is 1. The molecule has 0 saturated carbocycles. The molecular formula is C17H15Cl2N3O5S. The molecule has 148 valence electrons. The number of carbonyl (C=O) groups excluding carboxylic acids is 1. The number of carbonyl (C=O) groups is 1. The van der Waals surface area contributed by atoms with Gasteiger partial charge in [0, 0.05) is 43.9 Å². The van der Waals surface area contributed by atoms with Crippen molar-refractivity contribution in [2.75, 3.05) is 26.2 Å². The van der Waals surface area contributed by atoms with Crippen LogP contribution in [0.3, 0.4) is 0 Å². The summed E-state index contributed by atoms with van der Waals surface area (Å²) in [5, 5.41) is 10.8. The van der Waals surface area contributed by atoms with Crippen LogP contribution in [0.5, 0.6) is 0 Å². The van der Waals surface area contributed by atoms with Gasteiger partial charge in [-0.1, -0.05) is 29.3 Å². The topological polar surface area (TPSA) is 101 Å². The lowest BCUT2D eigenvalue weighted by Crippen LogP contribution is -2.50. The first-order valence-electron chi connectivity index (χ1n) is 8.19. The van der Waals surface area contributed by atoms with E-state index < -0.39 is 14.9 Å². The third-order valence-electron chi connectivity index (χ3n) is 4.38. The Morgan fingerprint density at radius 3 is 2.18 bits per heavy atom. The van der Waals surface area contributed by atoms with Gasteiger partial charge in [0.15, 0.2) is 0 Å². The molecule has 2 aromatic carbocycles. The molecule has 1 fully saturated rings. The average molecular weight is 444 g/mol. The van der Waals surface area contributed by atoms with Gasteiger partial charge in [0.1, 0.15) is 4.90 Å². The SMILES string of the molecule is O=C(c1ccc([N+](=O)[O-])cc1)N1CCN(S(=O)(=O)c2cccc(Cl)c2Cl)CC1. The Morgan fingerprint density at radius 1 is 1.00 bits per heavy atom. The number of non-ortho nitro benzene ring substituents is 1. The lowest BCUT2D eigenvalue weighted by molar-refractivity contribution is -0.384. The first-order chi connectivity index (χ1) is 13.2.